The van der Waals surface area contributed by atoms with E-state index < -0.39 is 10.5 Å². The van der Waals surface area contributed by atoms with Gasteiger partial charge in [0.05, 0.1) is 0 Å². The Kier molecular flexibility index (Phi) is 5.80. The molecule has 0 aliphatic carbocycles. The van der Waals surface area contributed by atoms with Gasteiger partial charge in [0, 0.05) is 8.95 Å². The van der Waals surface area contributed by atoms with Crippen molar-refractivity contribution in [1.29, 1.82) is 0 Å². The van der Waals surface area contributed by atoms with Crippen molar-refractivity contribution >= 4 is 42.4 Å². The third-order valence-electron chi connectivity index (χ3n) is 1.12. The molecule has 0 amide bonds. The van der Waals surface area contributed by atoms with Crippen molar-refractivity contribution in [2.75, 3.05) is 0 Å². The zero-order valence-corrected chi connectivity index (χ0v) is 11.0. The average molecular weight is 350 g/mol. The second-order valence-corrected chi connectivity index (χ2v) is 4.90. The summed E-state index contributed by atoms with van der Waals surface area (Å²) in [5, 5.41) is 0. The summed E-state index contributed by atoms with van der Waals surface area (Å²) in [6.45, 7) is 2.06. The van der Waals surface area contributed by atoms with Crippen LogP contribution >= 0.6 is 31.9 Å². The standard InChI is InChI=1S/C7H6Br2.FHO3S/c1-5-4-6(8)2-3-7(5)9;1-5(2,3)4/h2-4H,1H3;(H,2,3,4). The molecule has 0 fully saturated rings. The molecule has 7 heteroatoms. The Bertz CT molecular complexity index is 397. The zero-order chi connectivity index (χ0) is 11.4. The Morgan fingerprint density at radius 1 is 1.36 bits per heavy atom. The maximum absolute atomic E-state index is 10.2. The fourth-order valence-corrected chi connectivity index (χ4v) is 1.33. The molecule has 80 valence electrons. The van der Waals surface area contributed by atoms with E-state index in [1.54, 1.807) is 0 Å². The maximum Gasteiger partial charge on any atom is 0.435 e. The summed E-state index contributed by atoms with van der Waals surface area (Å²) < 4.78 is 36.4. The van der Waals surface area contributed by atoms with Crippen LogP contribution in [0.15, 0.2) is 27.1 Å². The first-order chi connectivity index (χ1) is 6.20. The predicted molar refractivity (Wildman–Crippen MR) is 59.2 cm³/mol. The quantitative estimate of drug-likeness (QED) is 0.577. The van der Waals surface area contributed by atoms with Crippen LogP contribution in [0, 0.1) is 6.92 Å². The Morgan fingerprint density at radius 2 is 1.79 bits per heavy atom. The lowest BCUT2D eigenvalue weighted by molar-refractivity contribution is 0.435. The molecule has 0 spiro atoms. The van der Waals surface area contributed by atoms with Crippen LogP contribution in [0.1, 0.15) is 5.56 Å². The molecule has 0 aliphatic rings. The Morgan fingerprint density at radius 3 is 2.07 bits per heavy atom. The first kappa shape index (κ1) is 14.0. The monoisotopic (exact) mass is 348 g/mol. The van der Waals surface area contributed by atoms with E-state index in [2.05, 4.69) is 44.8 Å². The fourth-order valence-electron chi connectivity index (χ4n) is 0.608. The number of hydrogen-bond donors (Lipinski definition) is 1. The second-order valence-electron chi connectivity index (χ2n) is 2.31. The third-order valence-corrected chi connectivity index (χ3v) is 2.50. The van der Waals surface area contributed by atoms with E-state index in [0.717, 1.165) is 8.95 Å². The molecule has 0 atom stereocenters. The fraction of sp³-hybridized carbons (Fsp3) is 0.143. The van der Waals surface area contributed by atoms with Gasteiger partial charge >= 0.3 is 10.5 Å². The zero-order valence-electron chi connectivity index (χ0n) is 7.04. The number of rotatable bonds is 0. The minimum Gasteiger partial charge on any atom is -0.260 e. The molecule has 0 aromatic heterocycles. The predicted octanol–water partition coefficient (Wildman–Crippen LogP) is 3.28. The molecule has 1 aromatic rings. The minimum absolute atomic E-state index is 1.13. The highest BCUT2D eigenvalue weighted by Crippen LogP contribution is 2.19. The van der Waals surface area contributed by atoms with Crippen LogP contribution in [0.4, 0.5) is 3.89 Å². The molecule has 0 unspecified atom stereocenters. The molecule has 3 nitrogen and oxygen atoms in total. The summed E-state index contributed by atoms with van der Waals surface area (Å²) in [6.07, 6.45) is 0. The van der Waals surface area contributed by atoms with Crippen molar-refractivity contribution < 1.29 is 16.9 Å². The van der Waals surface area contributed by atoms with Gasteiger partial charge in [-0.25, -0.2) is 0 Å². The van der Waals surface area contributed by atoms with Crippen LogP contribution in [0.3, 0.4) is 0 Å². The average Bonchev–Trinajstić information content (AvgIpc) is 1.94. The van der Waals surface area contributed by atoms with E-state index in [-0.39, 0.29) is 0 Å². The van der Waals surface area contributed by atoms with Crippen LogP contribution in [0.25, 0.3) is 0 Å². The lowest BCUT2D eigenvalue weighted by atomic mass is 10.2. The van der Waals surface area contributed by atoms with E-state index in [0.29, 0.717) is 0 Å². The highest BCUT2D eigenvalue weighted by atomic mass is 79.9. The first-order valence-corrected chi connectivity index (χ1v) is 6.21. The van der Waals surface area contributed by atoms with Gasteiger partial charge in [0.15, 0.2) is 0 Å². The van der Waals surface area contributed by atoms with E-state index >= 15 is 0 Å². The summed E-state index contributed by atoms with van der Waals surface area (Å²) in [7, 11) is -5.17. The van der Waals surface area contributed by atoms with Gasteiger partial charge in [-0.3, -0.25) is 4.55 Å². The Hall–Kier alpha value is 0.0200. The molecule has 0 radical (unpaired) electrons. The van der Waals surface area contributed by atoms with E-state index in [1.807, 2.05) is 12.1 Å². The smallest absolute Gasteiger partial charge is 0.260 e. The summed E-state index contributed by atoms with van der Waals surface area (Å²) >= 11 is 6.78. The number of hydrogen-bond acceptors (Lipinski definition) is 2. The van der Waals surface area contributed by atoms with E-state index in [1.165, 1.54) is 5.56 Å². The van der Waals surface area contributed by atoms with Crippen molar-refractivity contribution in [3.05, 3.63) is 32.7 Å². The van der Waals surface area contributed by atoms with Crippen LogP contribution in [-0.4, -0.2) is 13.0 Å². The molecule has 0 aliphatic heterocycles. The van der Waals surface area contributed by atoms with Gasteiger partial charge in [0.25, 0.3) is 0 Å². The number of benzene rings is 1. The van der Waals surface area contributed by atoms with Crippen molar-refractivity contribution in [2.24, 2.45) is 0 Å². The molecular formula is C7H7Br2FO3S. The van der Waals surface area contributed by atoms with Gasteiger partial charge in [-0.15, -0.1) is 0 Å². The SMILES string of the molecule is Cc1cc(Br)ccc1Br.O=S(=O)(O)F. The van der Waals surface area contributed by atoms with Crippen molar-refractivity contribution in [3.63, 3.8) is 0 Å². The molecule has 1 aromatic carbocycles. The van der Waals surface area contributed by atoms with Gasteiger partial charge in [0.1, 0.15) is 0 Å². The van der Waals surface area contributed by atoms with Crippen LogP contribution in [-0.2, 0) is 10.5 Å². The van der Waals surface area contributed by atoms with Gasteiger partial charge < -0.3 is 0 Å². The van der Waals surface area contributed by atoms with Gasteiger partial charge in [0.2, 0.25) is 0 Å². The summed E-state index contributed by atoms with van der Waals surface area (Å²) in [4.78, 5) is 0. The maximum atomic E-state index is 10.2. The van der Waals surface area contributed by atoms with Crippen molar-refractivity contribution in [1.82, 2.24) is 0 Å². The number of halogens is 3. The Labute approximate surface area is 98.6 Å². The second kappa shape index (κ2) is 5.79. The van der Waals surface area contributed by atoms with Gasteiger partial charge in [-0.2, -0.15) is 8.42 Å². The molecule has 0 heterocycles. The normalized spacial score (nSPS) is 10.4. The summed E-state index contributed by atoms with van der Waals surface area (Å²) in [5.74, 6) is 0. The minimum atomic E-state index is -5.17. The lowest BCUT2D eigenvalue weighted by Gasteiger charge is -1.95. The van der Waals surface area contributed by atoms with E-state index in [4.69, 9.17) is 13.0 Å². The topological polar surface area (TPSA) is 54.4 Å². The van der Waals surface area contributed by atoms with E-state index in [9.17, 15) is 3.89 Å². The molecule has 14 heavy (non-hydrogen) atoms. The summed E-state index contributed by atoms with van der Waals surface area (Å²) in [6, 6.07) is 6.11. The molecule has 1 rings (SSSR count). The molecular weight excluding hydrogens is 343 g/mol. The van der Waals surface area contributed by atoms with Gasteiger partial charge in [-0.05, 0) is 30.7 Å². The largest absolute Gasteiger partial charge is 0.435 e. The first-order valence-electron chi connectivity index (χ1n) is 3.29. The van der Waals surface area contributed by atoms with Gasteiger partial charge in [-0.1, -0.05) is 35.7 Å². The van der Waals surface area contributed by atoms with Crippen LogP contribution in [0.2, 0.25) is 0 Å². The highest BCUT2D eigenvalue weighted by Gasteiger charge is 1.92. The van der Waals surface area contributed by atoms with Crippen molar-refractivity contribution in [3.8, 4) is 0 Å². The molecule has 0 saturated carbocycles. The third kappa shape index (κ3) is 8.61. The Balaban J connectivity index is 0.000000292. The number of aryl methyl sites for hydroxylation is 1. The van der Waals surface area contributed by atoms with Crippen LogP contribution in [0.5, 0.6) is 0 Å². The van der Waals surface area contributed by atoms with Crippen LogP contribution < -0.4 is 0 Å². The molecule has 1 N–H and O–H groups in total. The van der Waals surface area contributed by atoms with Crippen molar-refractivity contribution in [2.45, 2.75) is 6.92 Å². The summed E-state index contributed by atoms with van der Waals surface area (Å²) in [5.41, 5.74) is 1.25. The lowest BCUT2D eigenvalue weighted by Crippen LogP contribution is -1.80. The molecule has 0 saturated heterocycles. The highest BCUT2D eigenvalue weighted by molar-refractivity contribution is 9.11. The molecule has 0 bridgehead atoms.